The van der Waals surface area contributed by atoms with Crippen molar-refractivity contribution in [3.8, 4) is 0 Å². The molecule has 1 atom stereocenters. The molecule has 1 unspecified atom stereocenters. The maximum atomic E-state index is 11.6. The Balaban J connectivity index is 2.97. The van der Waals surface area contributed by atoms with Crippen LogP contribution in [-0.2, 0) is 4.74 Å². The number of aryl methyl sites for hydroxylation is 1. The molecule has 0 saturated carbocycles. The molecule has 0 spiro atoms. The second-order valence-electron chi connectivity index (χ2n) is 3.80. The van der Waals surface area contributed by atoms with E-state index in [2.05, 4.69) is 24.0 Å². The van der Waals surface area contributed by atoms with E-state index in [0.29, 0.717) is 12.4 Å². The van der Waals surface area contributed by atoms with Gasteiger partial charge in [0.25, 0.3) is 0 Å². The summed E-state index contributed by atoms with van der Waals surface area (Å²) in [6.45, 7) is 8.15. The fraction of sp³-hybridized carbons (Fsp3) is 0.727. The number of ether oxygens (including phenoxy) is 1. The maximum absolute atomic E-state index is 11.6. The first-order valence-electron chi connectivity index (χ1n) is 5.70. The summed E-state index contributed by atoms with van der Waals surface area (Å²) in [4.78, 5) is 11.6. The van der Waals surface area contributed by atoms with E-state index in [1.165, 1.54) is 0 Å². The van der Waals surface area contributed by atoms with Crippen LogP contribution in [0.25, 0.3) is 0 Å². The minimum atomic E-state index is -0.397. The van der Waals surface area contributed by atoms with Crippen LogP contribution in [0.1, 0.15) is 56.1 Å². The average molecular weight is 225 g/mol. The Morgan fingerprint density at radius 3 is 2.69 bits per heavy atom. The van der Waals surface area contributed by atoms with E-state index in [0.717, 1.165) is 18.7 Å². The Morgan fingerprint density at radius 1 is 1.44 bits per heavy atom. The Bertz CT molecular complexity index is 360. The van der Waals surface area contributed by atoms with Gasteiger partial charge >= 0.3 is 5.97 Å². The fourth-order valence-corrected chi connectivity index (χ4v) is 1.78. The highest BCUT2D eigenvalue weighted by Crippen LogP contribution is 2.17. The number of nitrogens with zero attached hydrogens (tertiary/aromatic N) is 3. The zero-order chi connectivity index (χ0) is 12.1. The standard InChI is InChI=1S/C11H19N3O2/c1-5-7-8(3)14-9(4)12-13-10(14)11(15)16-6-2/h8H,5-7H2,1-4H3. The quantitative estimate of drug-likeness (QED) is 0.720. The molecule has 0 aliphatic heterocycles. The van der Waals surface area contributed by atoms with Gasteiger partial charge in [0, 0.05) is 6.04 Å². The molecule has 1 aromatic heterocycles. The lowest BCUT2D eigenvalue weighted by molar-refractivity contribution is 0.0503. The summed E-state index contributed by atoms with van der Waals surface area (Å²) >= 11 is 0. The van der Waals surface area contributed by atoms with E-state index >= 15 is 0 Å². The van der Waals surface area contributed by atoms with E-state index in [4.69, 9.17) is 4.74 Å². The van der Waals surface area contributed by atoms with Crippen LogP contribution >= 0.6 is 0 Å². The van der Waals surface area contributed by atoms with Gasteiger partial charge in [-0.25, -0.2) is 4.79 Å². The lowest BCUT2D eigenvalue weighted by Gasteiger charge is -2.15. The zero-order valence-corrected chi connectivity index (χ0v) is 10.4. The van der Waals surface area contributed by atoms with Crippen LogP contribution in [0.3, 0.4) is 0 Å². The van der Waals surface area contributed by atoms with Gasteiger partial charge in [0.1, 0.15) is 5.82 Å². The number of esters is 1. The van der Waals surface area contributed by atoms with Crippen molar-refractivity contribution in [2.45, 2.75) is 46.6 Å². The first kappa shape index (κ1) is 12.7. The summed E-state index contributed by atoms with van der Waals surface area (Å²) in [7, 11) is 0. The minimum Gasteiger partial charge on any atom is -0.460 e. The minimum absolute atomic E-state index is 0.222. The van der Waals surface area contributed by atoms with E-state index in [1.807, 2.05) is 11.5 Å². The molecule has 0 bridgehead atoms. The number of hydrogen-bond acceptors (Lipinski definition) is 4. The van der Waals surface area contributed by atoms with Crippen LogP contribution in [0.2, 0.25) is 0 Å². The van der Waals surface area contributed by atoms with Gasteiger partial charge in [-0.1, -0.05) is 13.3 Å². The first-order chi connectivity index (χ1) is 7.61. The zero-order valence-electron chi connectivity index (χ0n) is 10.4. The molecule has 1 aromatic rings. The summed E-state index contributed by atoms with van der Waals surface area (Å²) < 4.78 is 6.80. The molecule has 1 heterocycles. The molecule has 1 rings (SSSR count). The van der Waals surface area contributed by atoms with Crippen molar-refractivity contribution in [2.24, 2.45) is 0 Å². The van der Waals surface area contributed by atoms with Gasteiger partial charge in [-0.05, 0) is 27.2 Å². The molecule has 5 nitrogen and oxygen atoms in total. The summed E-state index contributed by atoms with van der Waals surface area (Å²) in [6, 6.07) is 0.222. The van der Waals surface area contributed by atoms with Crippen molar-refractivity contribution in [3.63, 3.8) is 0 Å². The maximum Gasteiger partial charge on any atom is 0.376 e. The van der Waals surface area contributed by atoms with E-state index in [1.54, 1.807) is 6.92 Å². The van der Waals surface area contributed by atoms with E-state index < -0.39 is 5.97 Å². The second-order valence-corrected chi connectivity index (χ2v) is 3.80. The summed E-state index contributed by atoms with van der Waals surface area (Å²) in [6.07, 6.45) is 2.05. The van der Waals surface area contributed by atoms with Crippen LogP contribution < -0.4 is 0 Å². The Hall–Kier alpha value is -1.39. The summed E-state index contributed by atoms with van der Waals surface area (Å²) in [5.41, 5.74) is 0. The van der Waals surface area contributed by atoms with Crippen molar-refractivity contribution < 1.29 is 9.53 Å². The molecule has 0 radical (unpaired) electrons. The third kappa shape index (κ3) is 2.59. The fourth-order valence-electron chi connectivity index (χ4n) is 1.78. The van der Waals surface area contributed by atoms with Crippen molar-refractivity contribution in [1.29, 1.82) is 0 Å². The number of rotatable bonds is 5. The normalized spacial score (nSPS) is 12.5. The van der Waals surface area contributed by atoms with E-state index in [-0.39, 0.29) is 6.04 Å². The largest absolute Gasteiger partial charge is 0.460 e. The third-order valence-electron chi connectivity index (χ3n) is 2.47. The smallest absolute Gasteiger partial charge is 0.376 e. The van der Waals surface area contributed by atoms with Crippen molar-refractivity contribution in [1.82, 2.24) is 14.8 Å². The Morgan fingerprint density at radius 2 is 2.12 bits per heavy atom. The monoisotopic (exact) mass is 225 g/mol. The van der Waals surface area contributed by atoms with E-state index in [9.17, 15) is 4.79 Å². The van der Waals surface area contributed by atoms with Gasteiger partial charge in [-0.3, -0.25) is 0 Å². The van der Waals surface area contributed by atoms with Crippen LogP contribution in [-0.4, -0.2) is 27.3 Å². The van der Waals surface area contributed by atoms with Crippen molar-refractivity contribution in [2.75, 3.05) is 6.61 Å². The molecule has 5 heteroatoms. The number of carbonyl (C=O) groups excluding carboxylic acids is 1. The van der Waals surface area contributed by atoms with Crippen LogP contribution in [0.15, 0.2) is 0 Å². The third-order valence-corrected chi connectivity index (χ3v) is 2.47. The lowest BCUT2D eigenvalue weighted by atomic mass is 10.2. The average Bonchev–Trinajstić information content (AvgIpc) is 2.61. The summed E-state index contributed by atoms with van der Waals surface area (Å²) in [5, 5.41) is 7.81. The molecule has 90 valence electrons. The molecule has 0 saturated heterocycles. The molecule has 0 fully saturated rings. The molecular formula is C11H19N3O2. The summed E-state index contributed by atoms with van der Waals surface area (Å²) in [5.74, 6) is 0.662. The topological polar surface area (TPSA) is 57.0 Å². The van der Waals surface area contributed by atoms with Crippen LogP contribution in [0.5, 0.6) is 0 Å². The van der Waals surface area contributed by atoms with Gasteiger partial charge < -0.3 is 9.30 Å². The van der Waals surface area contributed by atoms with Crippen molar-refractivity contribution >= 4 is 5.97 Å². The second kappa shape index (κ2) is 5.63. The Labute approximate surface area is 95.8 Å². The molecule has 16 heavy (non-hydrogen) atoms. The number of carbonyl (C=O) groups is 1. The van der Waals surface area contributed by atoms with Gasteiger partial charge in [-0.15, -0.1) is 10.2 Å². The number of aromatic nitrogens is 3. The van der Waals surface area contributed by atoms with Gasteiger partial charge in [0.15, 0.2) is 0 Å². The molecule has 0 aromatic carbocycles. The molecule has 0 amide bonds. The molecule has 0 aliphatic carbocycles. The Kier molecular flexibility index (Phi) is 4.46. The lowest BCUT2D eigenvalue weighted by Crippen LogP contribution is -2.17. The van der Waals surface area contributed by atoms with Crippen molar-refractivity contribution in [3.05, 3.63) is 11.6 Å². The van der Waals surface area contributed by atoms with Gasteiger partial charge in [-0.2, -0.15) is 0 Å². The predicted octanol–water partition coefficient (Wildman–Crippen LogP) is 2.12. The SMILES string of the molecule is CCCC(C)n1c(C)nnc1C(=O)OCC. The number of hydrogen-bond donors (Lipinski definition) is 0. The van der Waals surface area contributed by atoms with Gasteiger partial charge in [0.05, 0.1) is 6.61 Å². The highest BCUT2D eigenvalue weighted by atomic mass is 16.5. The molecule has 0 aliphatic rings. The van der Waals surface area contributed by atoms with Crippen LogP contribution in [0.4, 0.5) is 0 Å². The van der Waals surface area contributed by atoms with Crippen LogP contribution in [0, 0.1) is 6.92 Å². The highest BCUT2D eigenvalue weighted by Gasteiger charge is 2.20. The van der Waals surface area contributed by atoms with Gasteiger partial charge in [0.2, 0.25) is 5.82 Å². The first-order valence-corrected chi connectivity index (χ1v) is 5.70. The molecule has 0 N–H and O–H groups in total. The molecular weight excluding hydrogens is 206 g/mol. The predicted molar refractivity (Wildman–Crippen MR) is 60.3 cm³/mol. The highest BCUT2D eigenvalue weighted by molar-refractivity contribution is 5.85.